The summed E-state index contributed by atoms with van der Waals surface area (Å²) < 4.78 is 352. The zero-order valence-electron chi connectivity index (χ0n) is 25.9. The van der Waals surface area contributed by atoms with Crippen LogP contribution in [-0.4, -0.2) is 90.0 Å². The molecule has 0 aromatic heterocycles. The Morgan fingerprint density at radius 2 is 0.509 bits per heavy atom. The van der Waals surface area contributed by atoms with Crippen LogP contribution in [0.4, 0.5) is 114 Å². The topological polar surface area (TPSA) is 0 Å². The number of alkyl halides is 26. The predicted molar refractivity (Wildman–Crippen MR) is 138 cm³/mol. The maximum absolute atomic E-state index is 15.0. The Labute approximate surface area is 293 Å². The van der Waals surface area contributed by atoms with Crippen molar-refractivity contribution in [2.75, 3.05) is 0 Å². The van der Waals surface area contributed by atoms with Crippen molar-refractivity contribution in [1.29, 1.82) is 0 Å². The first kappa shape index (κ1) is 48.6. The third-order valence-electron chi connectivity index (χ3n) is 8.38. The van der Waals surface area contributed by atoms with Crippen LogP contribution in [0.25, 0.3) is 0 Å². The molecule has 316 valence electrons. The van der Waals surface area contributed by atoms with E-state index in [2.05, 4.69) is 0 Å². The van der Waals surface area contributed by atoms with Crippen LogP contribution < -0.4 is 7.16 Å². The van der Waals surface area contributed by atoms with Crippen LogP contribution in [0.5, 0.6) is 0 Å². The minimum atomic E-state index is -8.37. The molecule has 0 spiro atoms. The zero-order valence-corrected chi connectivity index (χ0v) is 28.8. The van der Waals surface area contributed by atoms with Gasteiger partial charge in [0.05, 0.1) is 0 Å². The molecule has 55 heavy (non-hydrogen) atoms. The molecular weight excluding hydrogens is 949 g/mol. The molecule has 0 bridgehead atoms. The van der Waals surface area contributed by atoms with Crippen molar-refractivity contribution < 1.29 is 114 Å². The second-order valence-corrected chi connectivity index (χ2v) is 24.1. The molecule has 0 heterocycles. The number of hydrogen-bond acceptors (Lipinski definition) is 0. The van der Waals surface area contributed by atoms with Gasteiger partial charge in [0, 0.05) is 0 Å². The van der Waals surface area contributed by atoms with Crippen molar-refractivity contribution in [1.82, 2.24) is 0 Å². The second-order valence-electron chi connectivity index (χ2n) is 11.8. The van der Waals surface area contributed by atoms with Crippen LogP contribution in [0, 0.1) is 0 Å². The molecule has 0 aliphatic rings. The van der Waals surface area contributed by atoms with Crippen molar-refractivity contribution in [3.63, 3.8) is 0 Å². The SMILES string of the molecule is FC(F)(F)C(F)(F)C(F)(F)C(F)(F)C(F)(F)C(F)(F)C[CH2][Sn]([CH2]CC(F)(F)C(F)(F)C(F)(F)C(F)(F)C(F)(F)C(F)(F)F)([c]1ccccc1)[c]1ccccc1. The van der Waals surface area contributed by atoms with E-state index >= 15 is 0 Å². The summed E-state index contributed by atoms with van der Waals surface area (Å²) in [4.78, 5) is 0. The van der Waals surface area contributed by atoms with E-state index in [4.69, 9.17) is 0 Å². The van der Waals surface area contributed by atoms with Crippen molar-refractivity contribution >= 4 is 25.5 Å². The summed E-state index contributed by atoms with van der Waals surface area (Å²) in [5.41, 5.74) is 0. The van der Waals surface area contributed by atoms with Crippen LogP contribution in [0.2, 0.25) is 8.87 Å². The molecule has 0 atom stereocenters. The fourth-order valence-electron chi connectivity index (χ4n) is 5.04. The van der Waals surface area contributed by atoms with E-state index < -0.39 is 119 Å². The van der Waals surface area contributed by atoms with E-state index in [1.165, 1.54) is 0 Å². The fraction of sp³-hybridized carbons (Fsp3) is 0.571. The van der Waals surface area contributed by atoms with E-state index in [1.54, 1.807) is 0 Å². The molecule has 0 nitrogen and oxygen atoms in total. The fourth-order valence-corrected chi connectivity index (χ4v) is 19.0. The summed E-state index contributed by atoms with van der Waals surface area (Å²) in [7, 11) is 0. The van der Waals surface area contributed by atoms with Gasteiger partial charge in [-0.1, -0.05) is 0 Å². The van der Waals surface area contributed by atoms with Gasteiger partial charge in [0.15, 0.2) is 0 Å². The molecule has 2 aromatic carbocycles. The summed E-state index contributed by atoms with van der Waals surface area (Å²) in [5.74, 6) is -79.3. The summed E-state index contributed by atoms with van der Waals surface area (Å²) in [5, 5.41) is 0. The van der Waals surface area contributed by atoms with Gasteiger partial charge < -0.3 is 0 Å². The van der Waals surface area contributed by atoms with E-state index in [-0.39, 0.29) is 0 Å². The average molecular weight is 967 g/mol. The van der Waals surface area contributed by atoms with Crippen LogP contribution in [0.1, 0.15) is 12.8 Å². The van der Waals surface area contributed by atoms with Crippen molar-refractivity contribution in [3.8, 4) is 0 Å². The number of hydrogen-bond donors (Lipinski definition) is 0. The molecule has 0 N–H and O–H groups in total. The molecule has 0 aliphatic heterocycles. The molecule has 0 amide bonds. The molecule has 27 heteroatoms. The Kier molecular flexibility index (Phi) is 12.7. The number of halogens is 26. The molecular formula is C28H18F26Sn. The molecule has 0 unspecified atom stereocenters. The third kappa shape index (κ3) is 7.50. The van der Waals surface area contributed by atoms with E-state index in [0.29, 0.717) is 24.3 Å². The minimum absolute atomic E-state index is 0.676. The molecule has 0 aliphatic carbocycles. The van der Waals surface area contributed by atoms with Gasteiger partial charge in [0.1, 0.15) is 0 Å². The van der Waals surface area contributed by atoms with Gasteiger partial charge in [-0.25, -0.2) is 0 Å². The van der Waals surface area contributed by atoms with Gasteiger partial charge in [-0.3, -0.25) is 0 Å². The molecule has 0 saturated carbocycles. The van der Waals surface area contributed by atoms with Crippen molar-refractivity contribution in [2.24, 2.45) is 0 Å². The van der Waals surface area contributed by atoms with E-state index in [9.17, 15) is 114 Å². The van der Waals surface area contributed by atoms with Crippen LogP contribution in [0.15, 0.2) is 60.7 Å². The second kappa shape index (κ2) is 14.4. The first-order valence-electron chi connectivity index (χ1n) is 14.1. The molecule has 0 fully saturated rings. The number of benzene rings is 2. The normalized spacial score (nSPS) is 15.7. The maximum atomic E-state index is 15.0. The van der Waals surface area contributed by atoms with Gasteiger partial charge in [-0.05, 0) is 0 Å². The first-order chi connectivity index (χ1) is 24.1. The van der Waals surface area contributed by atoms with Gasteiger partial charge in [-0.2, -0.15) is 0 Å². The molecule has 2 rings (SSSR count). The summed E-state index contributed by atoms with van der Waals surface area (Å²) in [6.07, 6.45) is -21.8. The molecule has 2 aromatic rings. The van der Waals surface area contributed by atoms with E-state index in [1.807, 2.05) is 0 Å². The standard InChI is InChI=1S/2C8H4F13.2C6H5.Sn/c2*1-2-3(9,10)4(11,12)5(13,14)6(15,16)7(17,18)8(19,20)21;2*1-2-4-6-5-3-1;/h2*1-2H2;2*1-5H;. The van der Waals surface area contributed by atoms with E-state index in [0.717, 1.165) is 36.4 Å². The Morgan fingerprint density at radius 3 is 0.727 bits per heavy atom. The Bertz CT molecular complexity index is 1470. The number of rotatable bonds is 16. The summed E-state index contributed by atoms with van der Waals surface area (Å²) in [6.45, 7) is 0. The van der Waals surface area contributed by atoms with Gasteiger partial charge in [0.2, 0.25) is 0 Å². The average Bonchev–Trinajstić information content (AvgIpc) is 3.04. The Balaban J connectivity index is 2.79. The monoisotopic (exact) mass is 968 g/mol. The predicted octanol–water partition coefficient (Wildman–Crippen LogP) is 11.5. The Morgan fingerprint density at radius 1 is 0.291 bits per heavy atom. The van der Waals surface area contributed by atoms with Gasteiger partial charge >= 0.3 is 294 Å². The van der Waals surface area contributed by atoms with Crippen molar-refractivity contribution in [2.45, 2.75) is 93.3 Å². The van der Waals surface area contributed by atoms with Crippen molar-refractivity contribution in [3.05, 3.63) is 60.7 Å². The molecule has 0 saturated heterocycles. The first-order valence-corrected chi connectivity index (χ1v) is 21.0. The van der Waals surface area contributed by atoms with Gasteiger partial charge in [-0.15, -0.1) is 0 Å². The molecule has 0 radical (unpaired) electrons. The van der Waals surface area contributed by atoms with Crippen LogP contribution in [0.3, 0.4) is 0 Å². The van der Waals surface area contributed by atoms with Gasteiger partial charge in [0.25, 0.3) is 0 Å². The summed E-state index contributed by atoms with van der Waals surface area (Å²) >= 11 is -6.52. The quantitative estimate of drug-likeness (QED) is 0.116. The zero-order chi connectivity index (χ0) is 43.6. The summed E-state index contributed by atoms with van der Waals surface area (Å²) in [6, 6.07) is 8.06. The van der Waals surface area contributed by atoms with Crippen LogP contribution >= 0.6 is 0 Å². The van der Waals surface area contributed by atoms with Crippen LogP contribution in [-0.2, 0) is 0 Å². The third-order valence-corrected chi connectivity index (χ3v) is 22.9. The Hall–Kier alpha value is -2.58.